The van der Waals surface area contributed by atoms with E-state index in [1.807, 2.05) is 42.5 Å². The topological polar surface area (TPSA) is 80.4 Å². The molecule has 0 spiro atoms. The van der Waals surface area contributed by atoms with E-state index >= 15 is 0 Å². The van der Waals surface area contributed by atoms with Crippen LogP contribution in [-0.4, -0.2) is 21.6 Å². The molecule has 2 N–H and O–H groups in total. The van der Waals surface area contributed by atoms with Gasteiger partial charge in [-0.25, -0.2) is 0 Å². The Morgan fingerprint density at radius 1 is 1.23 bits per heavy atom. The fourth-order valence-corrected chi connectivity index (χ4v) is 2.93. The van der Waals surface area contributed by atoms with Crippen molar-refractivity contribution in [3.8, 4) is 17.4 Å². The summed E-state index contributed by atoms with van der Waals surface area (Å²) in [5, 5.41) is 22.5. The zero-order chi connectivity index (χ0) is 18.1. The van der Waals surface area contributed by atoms with Crippen LogP contribution in [0.25, 0.3) is 10.9 Å². The Balaban J connectivity index is 1.46. The number of para-hydroxylation sites is 1. The number of hydrogen-bond acceptors (Lipinski definition) is 5. The monoisotopic (exact) mass is 368 g/mol. The molecule has 1 aliphatic rings. The Morgan fingerprint density at radius 3 is 2.92 bits per heavy atom. The van der Waals surface area contributed by atoms with Crippen molar-refractivity contribution in [1.29, 1.82) is 0 Å². The highest BCUT2D eigenvalue weighted by molar-refractivity contribution is 7.80. The highest BCUT2D eigenvalue weighted by atomic mass is 32.1. The summed E-state index contributed by atoms with van der Waals surface area (Å²) in [5.41, 5.74) is 2.26. The van der Waals surface area contributed by atoms with Crippen molar-refractivity contribution in [2.75, 3.05) is 6.79 Å². The number of aromatic hydroxyl groups is 1. The number of nitrogens with zero attached hydrogens (tertiary/aromatic N) is 3. The minimum Gasteiger partial charge on any atom is -0.493 e. The normalized spacial score (nSPS) is 12.8. The summed E-state index contributed by atoms with van der Waals surface area (Å²) in [6.07, 6.45) is 0. The number of hydrogen-bond donors (Lipinski definition) is 2. The number of aromatic nitrogens is 1. The number of thiocarbonyl (C=S) groups is 1. The molecule has 0 saturated heterocycles. The predicted molar refractivity (Wildman–Crippen MR) is 101 cm³/mol. The van der Waals surface area contributed by atoms with Crippen molar-refractivity contribution in [1.82, 2.24) is 9.88 Å². The third kappa shape index (κ3) is 2.95. The number of ether oxygens (including phenoxy) is 2. The van der Waals surface area contributed by atoms with E-state index in [0.717, 1.165) is 28.0 Å². The SMILES string of the molecule is Cn1c(O)c(N=NC(=S)NCc2ccc3c(c2)OCO3)c2ccccc21. The summed E-state index contributed by atoms with van der Waals surface area (Å²) >= 11 is 5.21. The van der Waals surface area contributed by atoms with Crippen LogP contribution in [0.1, 0.15) is 5.56 Å². The molecule has 7 nitrogen and oxygen atoms in total. The number of aryl methyl sites for hydroxylation is 1. The molecule has 3 aromatic rings. The zero-order valence-corrected chi connectivity index (χ0v) is 14.8. The lowest BCUT2D eigenvalue weighted by atomic mass is 10.2. The Hall–Kier alpha value is -3.13. The highest BCUT2D eigenvalue weighted by Gasteiger charge is 2.14. The van der Waals surface area contributed by atoms with E-state index in [-0.39, 0.29) is 17.8 Å². The number of nitrogens with one attached hydrogen (secondary N) is 1. The predicted octanol–water partition coefficient (Wildman–Crippen LogP) is 3.77. The molecule has 0 atom stereocenters. The van der Waals surface area contributed by atoms with Crippen LogP contribution in [0.15, 0.2) is 52.7 Å². The smallest absolute Gasteiger partial charge is 0.231 e. The molecular formula is C18H16N4O3S. The Bertz CT molecular complexity index is 1030. The summed E-state index contributed by atoms with van der Waals surface area (Å²) in [6.45, 7) is 0.726. The number of fused-ring (bicyclic) bond motifs is 2. The lowest BCUT2D eigenvalue weighted by Crippen LogP contribution is -2.18. The van der Waals surface area contributed by atoms with E-state index in [4.69, 9.17) is 21.7 Å². The van der Waals surface area contributed by atoms with E-state index in [9.17, 15) is 5.11 Å². The first-order chi connectivity index (χ1) is 12.6. The number of rotatable bonds is 3. The van der Waals surface area contributed by atoms with Gasteiger partial charge in [0, 0.05) is 19.0 Å². The summed E-state index contributed by atoms with van der Waals surface area (Å²) in [5.74, 6) is 1.51. The third-order valence-corrected chi connectivity index (χ3v) is 4.40. The summed E-state index contributed by atoms with van der Waals surface area (Å²) in [7, 11) is 1.77. The molecule has 2 aromatic carbocycles. The lowest BCUT2D eigenvalue weighted by molar-refractivity contribution is 0.174. The molecule has 0 fully saturated rings. The molecule has 0 radical (unpaired) electrons. The Kier molecular flexibility index (Phi) is 4.18. The maximum atomic E-state index is 10.3. The van der Waals surface area contributed by atoms with Crippen molar-refractivity contribution >= 4 is 33.9 Å². The van der Waals surface area contributed by atoms with Crippen LogP contribution in [0.3, 0.4) is 0 Å². The van der Waals surface area contributed by atoms with E-state index in [1.54, 1.807) is 11.6 Å². The van der Waals surface area contributed by atoms with E-state index in [1.165, 1.54) is 0 Å². The minimum absolute atomic E-state index is 0.0496. The van der Waals surface area contributed by atoms with Crippen molar-refractivity contribution in [2.45, 2.75) is 6.54 Å². The maximum Gasteiger partial charge on any atom is 0.231 e. The van der Waals surface area contributed by atoms with Crippen molar-refractivity contribution in [3.05, 3.63) is 48.0 Å². The van der Waals surface area contributed by atoms with Crippen LogP contribution in [0.4, 0.5) is 5.69 Å². The van der Waals surface area contributed by atoms with Gasteiger partial charge in [-0.15, -0.1) is 10.2 Å². The second-order valence-corrected chi connectivity index (χ2v) is 6.18. The van der Waals surface area contributed by atoms with Crippen molar-refractivity contribution in [2.24, 2.45) is 17.3 Å². The molecule has 0 bridgehead atoms. The fraction of sp³-hybridized carbons (Fsp3) is 0.167. The molecule has 4 rings (SSSR count). The third-order valence-electron chi connectivity index (χ3n) is 4.17. The first-order valence-electron chi connectivity index (χ1n) is 7.98. The molecule has 1 aliphatic heterocycles. The van der Waals surface area contributed by atoms with Gasteiger partial charge in [-0.3, -0.25) is 0 Å². The van der Waals surface area contributed by atoms with Gasteiger partial charge in [0.25, 0.3) is 0 Å². The quantitative estimate of drug-likeness (QED) is 0.543. The molecule has 26 heavy (non-hydrogen) atoms. The van der Waals surface area contributed by atoms with Crippen LogP contribution in [0, 0.1) is 0 Å². The zero-order valence-electron chi connectivity index (χ0n) is 14.0. The first-order valence-corrected chi connectivity index (χ1v) is 8.39. The average molecular weight is 368 g/mol. The number of benzene rings is 2. The van der Waals surface area contributed by atoms with Crippen molar-refractivity contribution in [3.63, 3.8) is 0 Å². The van der Waals surface area contributed by atoms with Crippen LogP contribution < -0.4 is 14.8 Å². The minimum atomic E-state index is 0.0496. The van der Waals surface area contributed by atoms with Gasteiger partial charge in [0.2, 0.25) is 17.8 Å². The second-order valence-electron chi connectivity index (χ2n) is 5.79. The summed E-state index contributed by atoms with van der Waals surface area (Å²) in [4.78, 5) is 0. The van der Waals surface area contributed by atoms with Gasteiger partial charge in [-0.1, -0.05) is 24.3 Å². The Labute approximate surface area is 154 Å². The van der Waals surface area contributed by atoms with Gasteiger partial charge >= 0.3 is 0 Å². The molecule has 1 aromatic heterocycles. The van der Waals surface area contributed by atoms with Crippen LogP contribution in [0.2, 0.25) is 0 Å². The first kappa shape index (κ1) is 16.3. The summed E-state index contributed by atoms with van der Waals surface area (Å²) < 4.78 is 12.3. The van der Waals surface area contributed by atoms with Crippen molar-refractivity contribution < 1.29 is 14.6 Å². The molecule has 132 valence electrons. The van der Waals surface area contributed by atoms with Gasteiger partial charge in [-0.2, -0.15) is 0 Å². The maximum absolute atomic E-state index is 10.3. The second kappa shape index (κ2) is 6.64. The van der Waals surface area contributed by atoms with Crippen LogP contribution in [0.5, 0.6) is 17.4 Å². The largest absolute Gasteiger partial charge is 0.493 e. The van der Waals surface area contributed by atoms with Gasteiger partial charge in [0.05, 0.1) is 5.52 Å². The van der Waals surface area contributed by atoms with E-state index < -0.39 is 0 Å². The van der Waals surface area contributed by atoms with Gasteiger partial charge in [-0.05, 0) is 36.0 Å². The summed E-state index contributed by atoms with van der Waals surface area (Å²) in [6, 6.07) is 13.3. The molecule has 0 amide bonds. The number of azo groups is 1. The average Bonchev–Trinajstić information content (AvgIpc) is 3.22. The molecule has 0 saturated carbocycles. The Morgan fingerprint density at radius 2 is 2.04 bits per heavy atom. The van der Waals surface area contributed by atoms with Crippen LogP contribution in [-0.2, 0) is 13.6 Å². The van der Waals surface area contributed by atoms with Gasteiger partial charge in [0.1, 0.15) is 0 Å². The molecule has 8 heteroatoms. The standard InChI is InChI=1S/C18H16N4O3S/c1-22-13-5-3-2-4-12(13)16(17(22)23)20-21-18(26)19-9-11-6-7-14-15(8-11)25-10-24-14/h2-8,23H,9-10H2,1H3,(H,19,26). The molecule has 2 heterocycles. The van der Waals surface area contributed by atoms with Gasteiger partial charge in [0.15, 0.2) is 17.2 Å². The van der Waals surface area contributed by atoms with Crippen LogP contribution >= 0.6 is 12.2 Å². The molecular weight excluding hydrogens is 352 g/mol. The molecule has 0 aliphatic carbocycles. The highest BCUT2D eigenvalue weighted by Crippen LogP contribution is 2.37. The van der Waals surface area contributed by atoms with E-state index in [2.05, 4.69) is 15.5 Å². The lowest BCUT2D eigenvalue weighted by Gasteiger charge is -2.04. The fourth-order valence-electron chi connectivity index (χ4n) is 2.82. The molecule has 0 unspecified atom stereocenters. The van der Waals surface area contributed by atoms with Gasteiger partial charge < -0.3 is 24.5 Å². The van der Waals surface area contributed by atoms with E-state index in [0.29, 0.717) is 12.2 Å².